The number of likely N-dealkylation sites (N-methyl/N-ethyl adjacent to an activating group) is 1. The predicted molar refractivity (Wildman–Crippen MR) is 77.0 cm³/mol. The second-order valence-corrected chi connectivity index (χ2v) is 5.92. The molecule has 3 nitrogen and oxygen atoms in total. The Kier molecular flexibility index (Phi) is 4.93. The van der Waals surface area contributed by atoms with E-state index in [0.717, 1.165) is 0 Å². The van der Waals surface area contributed by atoms with Gasteiger partial charge in [0.05, 0.1) is 0 Å². The molecule has 0 aliphatic heterocycles. The molecule has 0 heterocycles. The molecule has 1 atom stereocenters. The van der Waals surface area contributed by atoms with Gasteiger partial charge in [0.25, 0.3) is 0 Å². The maximum absolute atomic E-state index is 13.6. The van der Waals surface area contributed by atoms with Crippen LogP contribution in [0.4, 0.5) is 4.39 Å². The molecule has 0 saturated heterocycles. The zero-order valence-corrected chi connectivity index (χ0v) is 12.7. The number of hydrogen-bond acceptors (Lipinski definition) is 3. The van der Waals surface area contributed by atoms with E-state index in [-0.39, 0.29) is 17.4 Å². The van der Waals surface area contributed by atoms with E-state index in [1.54, 1.807) is 13.0 Å². The second-order valence-electron chi connectivity index (χ2n) is 5.92. The number of rotatable bonds is 5. The Hall–Kier alpha value is -1.13. The van der Waals surface area contributed by atoms with Crippen molar-refractivity contribution >= 4 is 0 Å². The quantitative estimate of drug-likeness (QED) is 0.892. The van der Waals surface area contributed by atoms with Gasteiger partial charge >= 0.3 is 0 Å². The van der Waals surface area contributed by atoms with E-state index in [1.807, 2.05) is 21.0 Å². The first-order valence-electron chi connectivity index (χ1n) is 6.51. The fourth-order valence-corrected chi connectivity index (χ4v) is 1.53. The molecule has 0 amide bonds. The zero-order chi connectivity index (χ0) is 14.8. The number of nitrogens with zero attached hydrogens (tertiary/aromatic N) is 1. The molecule has 4 heteroatoms. The smallest absolute Gasteiger partial charge is 0.126 e. The van der Waals surface area contributed by atoms with E-state index >= 15 is 0 Å². The van der Waals surface area contributed by atoms with E-state index in [2.05, 4.69) is 18.7 Å². The molecular formula is C15H25FN2O. The van der Waals surface area contributed by atoms with Crippen molar-refractivity contribution in [3.63, 3.8) is 0 Å². The summed E-state index contributed by atoms with van der Waals surface area (Å²) < 4.78 is 19.5. The van der Waals surface area contributed by atoms with Gasteiger partial charge < -0.3 is 15.4 Å². The number of benzene rings is 1. The number of aryl methyl sites for hydroxylation is 1. The lowest BCUT2D eigenvalue weighted by Crippen LogP contribution is -2.43. The van der Waals surface area contributed by atoms with Crippen molar-refractivity contribution < 1.29 is 9.13 Å². The van der Waals surface area contributed by atoms with Crippen LogP contribution in [0.5, 0.6) is 5.75 Å². The molecule has 0 aliphatic rings. The SMILES string of the molecule is Cc1cc(OCC(C)(C)N(C)C)c([C@H](C)N)cc1F. The van der Waals surface area contributed by atoms with Gasteiger partial charge in [-0.3, -0.25) is 0 Å². The van der Waals surface area contributed by atoms with Crippen molar-refractivity contribution in [1.82, 2.24) is 4.90 Å². The molecule has 0 unspecified atom stereocenters. The van der Waals surface area contributed by atoms with Crippen LogP contribution in [0.25, 0.3) is 0 Å². The van der Waals surface area contributed by atoms with Crippen molar-refractivity contribution in [3.05, 3.63) is 29.1 Å². The van der Waals surface area contributed by atoms with Crippen LogP contribution in [0, 0.1) is 12.7 Å². The van der Waals surface area contributed by atoms with Gasteiger partial charge in [0, 0.05) is 17.1 Å². The monoisotopic (exact) mass is 268 g/mol. The highest BCUT2D eigenvalue weighted by atomic mass is 19.1. The third-order valence-corrected chi connectivity index (χ3v) is 3.57. The van der Waals surface area contributed by atoms with E-state index in [9.17, 15) is 4.39 Å². The highest BCUT2D eigenvalue weighted by molar-refractivity contribution is 5.39. The summed E-state index contributed by atoms with van der Waals surface area (Å²) in [5, 5.41) is 0. The van der Waals surface area contributed by atoms with Crippen molar-refractivity contribution in [2.24, 2.45) is 5.73 Å². The van der Waals surface area contributed by atoms with Gasteiger partial charge in [-0.1, -0.05) is 0 Å². The van der Waals surface area contributed by atoms with E-state index in [1.165, 1.54) is 6.07 Å². The van der Waals surface area contributed by atoms with Crippen LogP contribution in [-0.2, 0) is 0 Å². The molecular weight excluding hydrogens is 243 g/mol. The summed E-state index contributed by atoms with van der Waals surface area (Å²) in [4.78, 5) is 2.09. The van der Waals surface area contributed by atoms with Crippen molar-refractivity contribution in [1.29, 1.82) is 0 Å². The molecule has 108 valence electrons. The van der Waals surface area contributed by atoms with E-state index in [0.29, 0.717) is 23.5 Å². The average molecular weight is 268 g/mol. The molecule has 1 rings (SSSR count). The topological polar surface area (TPSA) is 38.5 Å². The van der Waals surface area contributed by atoms with Crippen LogP contribution in [0.15, 0.2) is 12.1 Å². The summed E-state index contributed by atoms with van der Waals surface area (Å²) >= 11 is 0. The lowest BCUT2D eigenvalue weighted by molar-refractivity contribution is 0.113. The highest BCUT2D eigenvalue weighted by Gasteiger charge is 2.22. The number of nitrogens with two attached hydrogens (primary N) is 1. The highest BCUT2D eigenvalue weighted by Crippen LogP contribution is 2.28. The average Bonchev–Trinajstić information content (AvgIpc) is 2.29. The lowest BCUT2D eigenvalue weighted by Gasteiger charge is -2.32. The van der Waals surface area contributed by atoms with Gasteiger partial charge in [0.2, 0.25) is 0 Å². The number of hydrogen-bond donors (Lipinski definition) is 1. The summed E-state index contributed by atoms with van der Waals surface area (Å²) in [5.74, 6) is 0.426. The van der Waals surface area contributed by atoms with Crippen LogP contribution in [-0.4, -0.2) is 31.1 Å². The third-order valence-electron chi connectivity index (χ3n) is 3.57. The Bertz CT molecular complexity index is 442. The van der Waals surface area contributed by atoms with Crippen LogP contribution in [0.3, 0.4) is 0 Å². The van der Waals surface area contributed by atoms with Crippen molar-refractivity contribution in [3.8, 4) is 5.75 Å². The summed E-state index contributed by atoms with van der Waals surface area (Å²) in [6, 6.07) is 2.94. The van der Waals surface area contributed by atoms with Gasteiger partial charge in [0.15, 0.2) is 0 Å². The maximum atomic E-state index is 13.6. The van der Waals surface area contributed by atoms with Crippen LogP contribution in [0.2, 0.25) is 0 Å². The Morgan fingerprint density at radius 3 is 2.42 bits per heavy atom. The number of halogens is 1. The molecule has 0 aromatic heterocycles. The second kappa shape index (κ2) is 5.88. The first-order valence-corrected chi connectivity index (χ1v) is 6.51. The molecule has 0 radical (unpaired) electrons. The fourth-order valence-electron chi connectivity index (χ4n) is 1.53. The maximum Gasteiger partial charge on any atom is 0.126 e. The molecule has 1 aromatic carbocycles. The molecule has 0 aliphatic carbocycles. The zero-order valence-electron chi connectivity index (χ0n) is 12.7. The fraction of sp³-hybridized carbons (Fsp3) is 0.600. The van der Waals surface area contributed by atoms with Gasteiger partial charge in [-0.2, -0.15) is 0 Å². The summed E-state index contributed by atoms with van der Waals surface area (Å²) in [5.41, 5.74) is 7.05. The van der Waals surface area contributed by atoms with Gasteiger partial charge in [-0.15, -0.1) is 0 Å². The molecule has 0 fully saturated rings. The minimum Gasteiger partial charge on any atom is -0.491 e. The van der Waals surface area contributed by atoms with Crippen molar-refractivity contribution in [2.75, 3.05) is 20.7 Å². The normalized spacial score (nSPS) is 13.7. The Morgan fingerprint density at radius 1 is 1.37 bits per heavy atom. The van der Waals surface area contributed by atoms with Crippen LogP contribution in [0.1, 0.15) is 37.9 Å². The minimum absolute atomic E-state index is 0.0998. The molecule has 0 spiro atoms. The Balaban J connectivity index is 2.98. The number of ether oxygens (including phenoxy) is 1. The molecule has 2 N–H and O–H groups in total. The minimum atomic E-state index is -0.257. The molecule has 19 heavy (non-hydrogen) atoms. The lowest BCUT2D eigenvalue weighted by atomic mass is 10.0. The van der Waals surface area contributed by atoms with Gasteiger partial charge in [-0.25, -0.2) is 4.39 Å². The van der Waals surface area contributed by atoms with Crippen molar-refractivity contribution in [2.45, 2.75) is 39.3 Å². The van der Waals surface area contributed by atoms with Crippen LogP contribution >= 0.6 is 0 Å². The summed E-state index contributed by atoms with van der Waals surface area (Å²) in [6.07, 6.45) is 0. The standard InChI is InChI=1S/C15H25FN2O/c1-10-7-14(12(11(2)17)8-13(10)16)19-9-15(3,4)18(5)6/h7-8,11H,9,17H2,1-6H3/t11-/m0/s1. The molecule has 0 bridgehead atoms. The Morgan fingerprint density at radius 2 is 1.95 bits per heavy atom. The van der Waals surface area contributed by atoms with Crippen LogP contribution < -0.4 is 10.5 Å². The van der Waals surface area contributed by atoms with E-state index in [4.69, 9.17) is 10.5 Å². The van der Waals surface area contributed by atoms with Gasteiger partial charge in [-0.05, 0) is 59.5 Å². The largest absolute Gasteiger partial charge is 0.491 e. The Labute approximate surface area is 115 Å². The summed E-state index contributed by atoms with van der Waals surface area (Å²) in [7, 11) is 4.01. The first kappa shape index (κ1) is 15.9. The summed E-state index contributed by atoms with van der Waals surface area (Å²) in [6.45, 7) is 8.26. The van der Waals surface area contributed by atoms with E-state index < -0.39 is 0 Å². The first-order chi connectivity index (χ1) is 8.65. The predicted octanol–water partition coefficient (Wildman–Crippen LogP) is 2.87. The third kappa shape index (κ3) is 3.91. The molecule has 1 aromatic rings. The molecule has 0 saturated carbocycles. The van der Waals surface area contributed by atoms with Gasteiger partial charge in [0.1, 0.15) is 18.2 Å².